The molecule has 5 nitrogen and oxygen atoms in total. The molecule has 2 atom stereocenters. The Balaban J connectivity index is 1.97. The third-order valence-corrected chi connectivity index (χ3v) is 10.5. The van der Waals surface area contributed by atoms with Gasteiger partial charge >= 0.3 is 5.51 Å². The molecule has 2 aliphatic heterocycles. The predicted octanol–water partition coefficient (Wildman–Crippen LogP) is 6.27. The summed E-state index contributed by atoms with van der Waals surface area (Å²) in [7, 11) is -1.28. The van der Waals surface area contributed by atoms with E-state index in [1.165, 1.54) is 12.4 Å². The summed E-state index contributed by atoms with van der Waals surface area (Å²) >= 11 is -0.264. The van der Waals surface area contributed by atoms with Gasteiger partial charge in [-0.1, -0.05) is 20.4 Å². The second-order valence-electron chi connectivity index (χ2n) is 8.09. The van der Waals surface area contributed by atoms with Gasteiger partial charge in [0.1, 0.15) is 23.2 Å². The molecule has 0 saturated carbocycles. The van der Waals surface area contributed by atoms with E-state index in [4.69, 9.17) is 4.74 Å². The quantitative estimate of drug-likeness (QED) is 0.495. The van der Waals surface area contributed by atoms with Crippen LogP contribution in [0.25, 0.3) is 5.57 Å². The van der Waals surface area contributed by atoms with Crippen LogP contribution in [0.1, 0.15) is 33.4 Å². The first-order valence-corrected chi connectivity index (χ1v) is 12.9. The van der Waals surface area contributed by atoms with Crippen LogP contribution in [-0.4, -0.2) is 44.6 Å². The summed E-state index contributed by atoms with van der Waals surface area (Å²) in [5, 5.41) is 9.28. The number of nitriles is 1. The number of pyridine rings is 1. The number of ether oxygens (including phenoxy) is 1. The third kappa shape index (κ3) is 4.84. The molecule has 0 N–H and O–H groups in total. The van der Waals surface area contributed by atoms with Gasteiger partial charge in [-0.25, -0.2) is 15.0 Å². The molecular formula is C22H25F3N4OS2. The zero-order valence-electron chi connectivity index (χ0n) is 18.5. The molecule has 0 aromatic carbocycles. The number of nitrogens with zero attached hydrogens (tertiary/aromatic N) is 4. The highest BCUT2D eigenvalue weighted by Gasteiger charge is 2.41. The van der Waals surface area contributed by atoms with E-state index in [0.717, 1.165) is 21.9 Å². The van der Waals surface area contributed by atoms with Crippen LogP contribution in [0, 0.1) is 11.3 Å². The standard InChI is InChI=1S/C22H25F3N4OS2/c1-7-32(6)15(3)17(11-29-13-28-19(8-14(29)2)31-22(23,24)25)20-18(32)9-16(10-27-20)30-21(4,5)12-26/h8-11,13,15H,2,7H2,1,3-6H3/b17-11+. The highest BCUT2D eigenvalue weighted by Crippen LogP contribution is 2.67. The Kier molecular flexibility index (Phi) is 6.46. The highest BCUT2D eigenvalue weighted by atomic mass is 32.3. The van der Waals surface area contributed by atoms with Crippen molar-refractivity contribution in [1.29, 1.82) is 5.26 Å². The molecule has 0 amide bonds. The SMILES string of the molecule is C=C1C=C(SC(F)(F)F)N=CN1/C=C1/c2ncc(OC(C)(C)C#N)cc2S(C)(CC)C1C. The highest BCUT2D eigenvalue weighted by molar-refractivity contribution is 8.34. The minimum Gasteiger partial charge on any atom is -0.471 e. The molecule has 10 heteroatoms. The molecule has 0 bridgehead atoms. The molecule has 0 radical (unpaired) electrons. The van der Waals surface area contributed by atoms with E-state index in [9.17, 15) is 18.4 Å². The van der Waals surface area contributed by atoms with Gasteiger partial charge in [-0.05, 0) is 38.0 Å². The minimum absolute atomic E-state index is 0.152. The average molecular weight is 483 g/mol. The van der Waals surface area contributed by atoms with Crippen molar-refractivity contribution in [3.8, 4) is 11.8 Å². The van der Waals surface area contributed by atoms with E-state index in [2.05, 4.69) is 42.7 Å². The van der Waals surface area contributed by atoms with E-state index < -0.39 is 21.1 Å². The van der Waals surface area contributed by atoms with Gasteiger partial charge in [0.15, 0.2) is 5.60 Å². The fourth-order valence-electron chi connectivity index (χ4n) is 3.50. The van der Waals surface area contributed by atoms with E-state index >= 15 is 0 Å². The summed E-state index contributed by atoms with van der Waals surface area (Å²) in [5.41, 5.74) is -3.18. The summed E-state index contributed by atoms with van der Waals surface area (Å²) in [6.07, 6.45) is 8.35. The fourth-order valence-corrected chi connectivity index (χ4v) is 6.95. The van der Waals surface area contributed by atoms with E-state index in [0.29, 0.717) is 11.4 Å². The molecule has 0 fully saturated rings. The number of hydrogen-bond donors (Lipinski definition) is 0. The molecule has 32 heavy (non-hydrogen) atoms. The molecule has 3 heterocycles. The lowest BCUT2D eigenvalue weighted by Crippen LogP contribution is -2.25. The Bertz CT molecular complexity index is 1070. The summed E-state index contributed by atoms with van der Waals surface area (Å²) < 4.78 is 43.8. The fraction of sp³-hybridized carbons (Fsp3) is 0.409. The van der Waals surface area contributed by atoms with Crippen molar-refractivity contribution in [2.45, 2.75) is 48.9 Å². The van der Waals surface area contributed by atoms with Crippen molar-refractivity contribution < 1.29 is 17.9 Å². The van der Waals surface area contributed by atoms with Gasteiger partial charge in [-0.2, -0.15) is 18.4 Å². The maximum atomic E-state index is 12.7. The number of fused-ring (bicyclic) bond motifs is 1. The van der Waals surface area contributed by atoms with Crippen molar-refractivity contribution in [2.75, 3.05) is 12.0 Å². The lowest BCUT2D eigenvalue weighted by atomic mass is 10.1. The lowest BCUT2D eigenvalue weighted by Gasteiger charge is -2.36. The number of halogens is 3. The van der Waals surface area contributed by atoms with E-state index in [1.54, 1.807) is 24.9 Å². The average Bonchev–Trinajstić information content (AvgIpc) is 2.90. The van der Waals surface area contributed by atoms with Gasteiger partial charge < -0.3 is 9.64 Å². The molecule has 2 aliphatic rings. The molecular weight excluding hydrogens is 457 g/mol. The van der Waals surface area contributed by atoms with Crippen molar-refractivity contribution in [1.82, 2.24) is 9.88 Å². The number of alkyl halides is 3. The molecule has 0 spiro atoms. The number of thioether (sulfide) groups is 1. The zero-order valence-corrected chi connectivity index (χ0v) is 20.2. The molecule has 2 unspecified atom stereocenters. The second kappa shape index (κ2) is 8.52. The summed E-state index contributed by atoms with van der Waals surface area (Å²) in [6, 6.07) is 4.09. The zero-order chi connectivity index (χ0) is 23.9. The topological polar surface area (TPSA) is 61.5 Å². The molecule has 0 saturated heterocycles. The Morgan fingerprint density at radius 1 is 1.41 bits per heavy atom. The van der Waals surface area contributed by atoms with Crippen molar-refractivity contribution in [3.63, 3.8) is 0 Å². The van der Waals surface area contributed by atoms with Crippen LogP contribution in [-0.2, 0) is 0 Å². The summed E-state index contributed by atoms with van der Waals surface area (Å²) in [6.45, 7) is 11.5. The van der Waals surface area contributed by atoms with Crippen molar-refractivity contribution >= 4 is 33.7 Å². The van der Waals surface area contributed by atoms with Crippen LogP contribution < -0.4 is 4.74 Å². The number of aliphatic imine (C=N–C) groups is 1. The largest absolute Gasteiger partial charge is 0.471 e. The van der Waals surface area contributed by atoms with Gasteiger partial charge in [0.05, 0.1) is 11.9 Å². The summed E-state index contributed by atoms with van der Waals surface area (Å²) in [4.78, 5) is 11.3. The Labute approximate surface area is 192 Å². The van der Waals surface area contributed by atoms with E-state index in [1.807, 2.05) is 12.3 Å². The van der Waals surface area contributed by atoms with Crippen LogP contribution in [0.5, 0.6) is 5.75 Å². The Morgan fingerprint density at radius 2 is 2.09 bits per heavy atom. The van der Waals surface area contributed by atoms with Gasteiger partial charge in [0, 0.05) is 39.4 Å². The van der Waals surface area contributed by atoms with E-state index in [-0.39, 0.29) is 22.0 Å². The van der Waals surface area contributed by atoms with Crippen molar-refractivity contribution in [2.24, 2.45) is 4.99 Å². The van der Waals surface area contributed by atoms with Gasteiger partial charge in [0.2, 0.25) is 0 Å². The first-order chi connectivity index (χ1) is 14.8. The molecule has 172 valence electrons. The minimum atomic E-state index is -4.40. The lowest BCUT2D eigenvalue weighted by molar-refractivity contribution is -0.0322. The molecule has 1 aromatic rings. The molecule has 3 rings (SSSR count). The monoisotopic (exact) mass is 482 g/mol. The predicted molar refractivity (Wildman–Crippen MR) is 126 cm³/mol. The maximum absolute atomic E-state index is 12.7. The summed E-state index contributed by atoms with van der Waals surface area (Å²) in [5.74, 6) is 1.46. The first-order valence-electron chi connectivity index (χ1n) is 9.86. The number of hydrogen-bond acceptors (Lipinski definition) is 6. The second-order valence-corrected chi connectivity index (χ2v) is 13.2. The molecule has 1 aromatic heterocycles. The first kappa shape index (κ1) is 24.3. The third-order valence-electron chi connectivity index (χ3n) is 5.49. The van der Waals surface area contributed by atoms with Crippen LogP contribution in [0.3, 0.4) is 0 Å². The van der Waals surface area contributed by atoms with Crippen molar-refractivity contribution in [3.05, 3.63) is 47.5 Å². The van der Waals surface area contributed by atoms with Crippen LogP contribution in [0.15, 0.2) is 51.7 Å². The van der Waals surface area contributed by atoms with Gasteiger partial charge in [0.25, 0.3) is 0 Å². The molecule has 0 aliphatic carbocycles. The smallest absolute Gasteiger partial charge is 0.447 e. The Hall–Kier alpha value is -2.38. The van der Waals surface area contributed by atoms with Crippen LogP contribution >= 0.6 is 21.8 Å². The maximum Gasteiger partial charge on any atom is 0.447 e. The van der Waals surface area contributed by atoms with Gasteiger partial charge in [-0.3, -0.25) is 4.98 Å². The normalized spacial score (nSPS) is 26.4. The Morgan fingerprint density at radius 3 is 2.66 bits per heavy atom. The number of allylic oxidation sites excluding steroid dienone is 1. The van der Waals surface area contributed by atoms with Gasteiger partial charge in [-0.15, -0.1) is 0 Å². The van der Waals surface area contributed by atoms with Crippen LogP contribution in [0.2, 0.25) is 0 Å². The number of aromatic nitrogens is 1. The van der Waals surface area contributed by atoms with Crippen LogP contribution in [0.4, 0.5) is 13.2 Å². The number of rotatable bonds is 5.